The maximum absolute atomic E-state index is 10.9. The van der Waals surface area contributed by atoms with Gasteiger partial charge in [0.15, 0.2) is 6.61 Å². The fourth-order valence-corrected chi connectivity index (χ4v) is 4.72. The summed E-state index contributed by atoms with van der Waals surface area (Å²) in [6.07, 6.45) is 4.84. The minimum absolute atomic E-state index is 0.351. The summed E-state index contributed by atoms with van der Waals surface area (Å²) in [5, 5.41) is 11.0. The molecule has 184 valence electrons. The number of aromatic amines is 1. The molecule has 3 aromatic carbocycles. The van der Waals surface area contributed by atoms with Gasteiger partial charge in [-0.3, -0.25) is 0 Å². The quantitative estimate of drug-likeness (QED) is 0.206. The molecule has 0 bridgehead atoms. The number of aliphatic carboxylic acids is 1. The molecule has 5 aromatic rings. The second-order valence-corrected chi connectivity index (χ2v) is 8.89. The Morgan fingerprint density at radius 3 is 2.64 bits per heavy atom. The Morgan fingerprint density at radius 1 is 0.972 bits per heavy atom. The number of rotatable bonds is 11. The third-order valence-corrected chi connectivity index (χ3v) is 6.37. The number of H-pyrrole nitrogens is 1. The molecule has 0 aliphatic rings. The molecular weight excluding hydrogens is 452 g/mol. The van der Waals surface area contributed by atoms with E-state index in [4.69, 9.17) is 14.6 Å². The van der Waals surface area contributed by atoms with E-state index in [-0.39, 0.29) is 6.61 Å². The lowest BCUT2D eigenvalue weighted by Gasteiger charge is -2.13. The first-order chi connectivity index (χ1) is 17.6. The van der Waals surface area contributed by atoms with Crippen molar-refractivity contribution in [2.75, 3.05) is 13.2 Å². The molecule has 2 heterocycles. The van der Waals surface area contributed by atoms with Crippen LogP contribution in [0.2, 0.25) is 0 Å². The first-order valence-electron chi connectivity index (χ1n) is 12.4. The zero-order valence-corrected chi connectivity index (χ0v) is 20.4. The summed E-state index contributed by atoms with van der Waals surface area (Å²) in [5.41, 5.74) is 5.69. The standard InChI is InChI=1S/C30H30N2O4/c1-2-8-24-28(14-13-22-19-25(31-30(22)24)21-9-4-3-5-10-21)35-18-7-16-32-17-15-23-26(32)11-6-12-27(23)36-20-29(33)34/h3-6,9-15,17,19,31H,2,7-8,16,18,20H2,1H3,(H,33,34). The monoisotopic (exact) mass is 482 g/mol. The summed E-state index contributed by atoms with van der Waals surface area (Å²) in [5.74, 6) is 0.538. The van der Waals surface area contributed by atoms with Gasteiger partial charge in [0.1, 0.15) is 11.5 Å². The van der Waals surface area contributed by atoms with Crippen molar-refractivity contribution in [1.82, 2.24) is 9.55 Å². The maximum atomic E-state index is 10.9. The van der Waals surface area contributed by atoms with Crippen molar-refractivity contribution in [3.8, 4) is 22.8 Å². The van der Waals surface area contributed by atoms with Crippen LogP contribution in [0.4, 0.5) is 0 Å². The van der Waals surface area contributed by atoms with E-state index >= 15 is 0 Å². The number of nitrogens with one attached hydrogen (secondary N) is 1. The lowest BCUT2D eigenvalue weighted by Crippen LogP contribution is -2.09. The smallest absolute Gasteiger partial charge is 0.341 e. The highest BCUT2D eigenvalue weighted by molar-refractivity contribution is 5.90. The van der Waals surface area contributed by atoms with E-state index in [0.29, 0.717) is 12.4 Å². The fourth-order valence-electron chi connectivity index (χ4n) is 4.72. The first-order valence-corrected chi connectivity index (χ1v) is 12.4. The van der Waals surface area contributed by atoms with Crippen LogP contribution >= 0.6 is 0 Å². The number of carboxylic acids is 1. The molecule has 0 amide bonds. The number of hydrogen-bond acceptors (Lipinski definition) is 3. The van der Waals surface area contributed by atoms with Crippen LogP contribution in [0.5, 0.6) is 11.5 Å². The SMILES string of the molecule is CCCc1c(OCCCn2ccc3c(OCC(=O)O)cccc32)ccc2cc(-c3ccccc3)[nH]c12. The molecule has 0 saturated heterocycles. The molecule has 0 radical (unpaired) electrons. The number of hydrogen-bond donors (Lipinski definition) is 2. The van der Waals surface area contributed by atoms with E-state index in [1.807, 2.05) is 30.5 Å². The van der Waals surface area contributed by atoms with Gasteiger partial charge in [-0.1, -0.05) is 49.7 Å². The molecule has 0 atom stereocenters. The van der Waals surface area contributed by atoms with Gasteiger partial charge < -0.3 is 24.1 Å². The Kier molecular flexibility index (Phi) is 6.94. The molecule has 5 rings (SSSR count). The van der Waals surface area contributed by atoms with Crippen molar-refractivity contribution in [2.24, 2.45) is 0 Å². The van der Waals surface area contributed by atoms with E-state index in [9.17, 15) is 4.79 Å². The first kappa shape index (κ1) is 23.5. The number of fused-ring (bicyclic) bond motifs is 2. The minimum Gasteiger partial charge on any atom is -0.493 e. The van der Waals surface area contributed by atoms with E-state index in [2.05, 4.69) is 58.9 Å². The molecule has 0 saturated carbocycles. The molecule has 0 aliphatic carbocycles. The van der Waals surface area contributed by atoms with Gasteiger partial charge in [-0.15, -0.1) is 0 Å². The number of ether oxygens (including phenoxy) is 2. The minimum atomic E-state index is -0.986. The Balaban J connectivity index is 1.28. The summed E-state index contributed by atoms with van der Waals surface area (Å²) in [4.78, 5) is 14.5. The maximum Gasteiger partial charge on any atom is 0.341 e. The molecule has 36 heavy (non-hydrogen) atoms. The van der Waals surface area contributed by atoms with Crippen molar-refractivity contribution >= 4 is 27.8 Å². The van der Waals surface area contributed by atoms with Crippen LogP contribution in [0, 0.1) is 0 Å². The van der Waals surface area contributed by atoms with E-state index in [1.165, 1.54) is 16.5 Å². The van der Waals surface area contributed by atoms with Crippen LogP contribution in [-0.4, -0.2) is 33.8 Å². The molecular formula is C30H30N2O4. The van der Waals surface area contributed by atoms with Crippen LogP contribution in [0.25, 0.3) is 33.1 Å². The predicted molar refractivity (Wildman–Crippen MR) is 143 cm³/mol. The van der Waals surface area contributed by atoms with Gasteiger partial charge in [0.05, 0.1) is 17.6 Å². The molecule has 2 N–H and O–H groups in total. The molecule has 0 fully saturated rings. The van der Waals surface area contributed by atoms with E-state index < -0.39 is 5.97 Å². The third kappa shape index (κ3) is 4.93. The molecule has 0 spiro atoms. The third-order valence-electron chi connectivity index (χ3n) is 6.37. The van der Waals surface area contributed by atoms with E-state index in [0.717, 1.165) is 53.7 Å². The topological polar surface area (TPSA) is 76.5 Å². The van der Waals surface area contributed by atoms with Crippen LogP contribution in [-0.2, 0) is 17.8 Å². The van der Waals surface area contributed by atoms with Gasteiger partial charge in [0.2, 0.25) is 0 Å². The van der Waals surface area contributed by atoms with Crippen LogP contribution in [0.15, 0.2) is 79.0 Å². The van der Waals surface area contributed by atoms with Gasteiger partial charge in [-0.2, -0.15) is 0 Å². The average molecular weight is 483 g/mol. The van der Waals surface area contributed by atoms with Crippen molar-refractivity contribution < 1.29 is 19.4 Å². The number of carbonyl (C=O) groups is 1. The Labute approximate surface area is 210 Å². The van der Waals surface area contributed by atoms with Crippen molar-refractivity contribution in [1.29, 1.82) is 0 Å². The van der Waals surface area contributed by atoms with Crippen LogP contribution in [0.1, 0.15) is 25.3 Å². The summed E-state index contributed by atoms with van der Waals surface area (Å²) in [6.45, 7) is 3.23. The zero-order valence-electron chi connectivity index (χ0n) is 20.4. The number of aryl methyl sites for hydroxylation is 2. The van der Waals surface area contributed by atoms with Crippen LogP contribution < -0.4 is 9.47 Å². The number of nitrogens with zero attached hydrogens (tertiary/aromatic N) is 1. The van der Waals surface area contributed by atoms with Crippen LogP contribution in [0.3, 0.4) is 0 Å². The van der Waals surface area contributed by atoms with Gasteiger partial charge in [0, 0.05) is 34.8 Å². The average Bonchev–Trinajstić information content (AvgIpc) is 3.52. The van der Waals surface area contributed by atoms with Crippen molar-refractivity contribution in [2.45, 2.75) is 32.7 Å². The fraction of sp³-hybridized carbons (Fsp3) is 0.233. The Hall–Kier alpha value is -4.19. The van der Waals surface area contributed by atoms with Gasteiger partial charge in [0.25, 0.3) is 0 Å². The normalized spacial score (nSPS) is 11.2. The van der Waals surface area contributed by atoms with Gasteiger partial charge in [-0.25, -0.2) is 4.79 Å². The molecule has 6 nitrogen and oxygen atoms in total. The van der Waals surface area contributed by atoms with E-state index in [1.54, 1.807) is 6.07 Å². The summed E-state index contributed by atoms with van der Waals surface area (Å²) in [7, 11) is 0. The summed E-state index contributed by atoms with van der Waals surface area (Å²) >= 11 is 0. The molecule has 0 unspecified atom stereocenters. The number of benzene rings is 3. The second kappa shape index (κ2) is 10.6. The van der Waals surface area contributed by atoms with Gasteiger partial charge in [-0.05, 0) is 54.8 Å². The summed E-state index contributed by atoms with van der Waals surface area (Å²) in [6, 6.07) is 24.5. The molecule has 2 aromatic heterocycles. The van der Waals surface area contributed by atoms with Gasteiger partial charge >= 0.3 is 5.97 Å². The Bertz CT molecular complexity index is 1480. The second-order valence-electron chi connectivity index (χ2n) is 8.89. The predicted octanol–water partition coefficient (Wildman–Crippen LogP) is 6.67. The highest BCUT2D eigenvalue weighted by Crippen LogP contribution is 2.33. The molecule has 6 heteroatoms. The highest BCUT2D eigenvalue weighted by atomic mass is 16.5. The lowest BCUT2D eigenvalue weighted by atomic mass is 10.1. The zero-order chi connectivity index (χ0) is 24.9. The number of aromatic nitrogens is 2. The Morgan fingerprint density at radius 2 is 1.83 bits per heavy atom. The molecule has 0 aliphatic heterocycles. The highest BCUT2D eigenvalue weighted by Gasteiger charge is 2.13. The number of carboxylic acid groups (broad SMARTS) is 1. The van der Waals surface area contributed by atoms with Crippen molar-refractivity contribution in [3.63, 3.8) is 0 Å². The largest absolute Gasteiger partial charge is 0.493 e. The summed E-state index contributed by atoms with van der Waals surface area (Å²) < 4.78 is 13.9. The lowest BCUT2D eigenvalue weighted by molar-refractivity contribution is -0.139. The van der Waals surface area contributed by atoms with Crippen molar-refractivity contribution in [3.05, 3.63) is 84.6 Å².